The highest BCUT2D eigenvalue weighted by molar-refractivity contribution is 5.69. The highest BCUT2D eigenvalue weighted by atomic mass is 16.5. The average Bonchev–Trinajstić information content (AvgIpc) is 2.73. The quantitative estimate of drug-likeness (QED) is 0.147. The first-order chi connectivity index (χ1) is 14.0. The SMILES string of the molecule is CCCCC/C=C\C/C=C\CCCCCCCC(=O)OC[C@@H](O)[C@H](O)[C@H](O)CO. The molecule has 0 rings (SSSR count). The van der Waals surface area contributed by atoms with E-state index >= 15 is 0 Å². The van der Waals surface area contributed by atoms with E-state index in [2.05, 4.69) is 31.2 Å². The Balaban J connectivity index is 3.49. The van der Waals surface area contributed by atoms with Crippen molar-refractivity contribution < 1.29 is 30.0 Å². The number of esters is 1. The third kappa shape index (κ3) is 17.4. The van der Waals surface area contributed by atoms with Crippen LogP contribution in [0.25, 0.3) is 0 Å². The second kappa shape index (κ2) is 20.1. The minimum atomic E-state index is -1.54. The number of carbonyl (C=O) groups excluding carboxylic acids is 1. The second-order valence-electron chi connectivity index (χ2n) is 7.47. The number of ether oxygens (including phenoxy) is 1. The van der Waals surface area contributed by atoms with Crippen molar-refractivity contribution in [3.05, 3.63) is 24.3 Å². The summed E-state index contributed by atoms with van der Waals surface area (Å²) in [7, 11) is 0. The summed E-state index contributed by atoms with van der Waals surface area (Å²) in [5, 5.41) is 36.9. The van der Waals surface area contributed by atoms with Gasteiger partial charge >= 0.3 is 5.97 Å². The van der Waals surface area contributed by atoms with Crippen LogP contribution in [0.15, 0.2) is 24.3 Å². The number of hydrogen-bond donors (Lipinski definition) is 4. The van der Waals surface area contributed by atoms with Crippen LogP contribution in [-0.4, -0.2) is 57.9 Å². The van der Waals surface area contributed by atoms with Crippen LogP contribution >= 0.6 is 0 Å². The summed E-state index contributed by atoms with van der Waals surface area (Å²) in [6, 6.07) is 0. The van der Waals surface area contributed by atoms with E-state index in [-0.39, 0.29) is 6.42 Å². The third-order valence-electron chi connectivity index (χ3n) is 4.72. The first kappa shape index (κ1) is 27.8. The summed E-state index contributed by atoms with van der Waals surface area (Å²) >= 11 is 0. The fourth-order valence-corrected chi connectivity index (χ4v) is 2.79. The van der Waals surface area contributed by atoms with Crippen molar-refractivity contribution in [3.63, 3.8) is 0 Å². The van der Waals surface area contributed by atoms with Gasteiger partial charge in [0.05, 0.1) is 6.61 Å². The summed E-state index contributed by atoms with van der Waals surface area (Å²) in [6.07, 6.45) is 17.0. The number of hydrogen-bond acceptors (Lipinski definition) is 6. The van der Waals surface area contributed by atoms with Crippen LogP contribution in [0.4, 0.5) is 0 Å². The van der Waals surface area contributed by atoms with Crippen LogP contribution in [0.5, 0.6) is 0 Å². The normalized spacial score (nSPS) is 15.1. The molecule has 0 aromatic carbocycles. The Bertz CT molecular complexity index is 435. The predicted octanol–water partition coefficient (Wildman–Crippen LogP) is 3.42. The maximum absolute atomic E-state index is 11.6. The Morgan fingerprint density at radius 1 is 0.828 bits per heavy atom. The topological polar surface area (TPSA) is 107 Å². The highest BCUT2D eigenvalue weighted by Crippen LogP contribution is 2.09. The number of rotatable bonds is 19. The van der Waals surface area contributed by atoms with Crippen molar-refractivity contribution in [2.24, 2.45) is 0 Å². The lowest BCUT2D eigenvalue weighted by Crippen LogP contribution is -2.42. The summed E-state index contributed by atoms with van der Waals surface area (Å²) in [4.78, 5) is 11.6. The van der Waals surface area contributed by atoms with E-state index in [1.807, 2.05) is 0 Å². The summed E-state index contributed by atoms with van der Waals surface area (Å²) in [5.41, 5.74) is 0. The molecule has 0 aliphatic heterocycles. The Labute approximate surface area is 176 Å². The molecule has 29 heavy (non-hydrogen) atoms. The van der Waals surface area contributed by atoms with Gasteiger partial charge in [-0.15, -0.1) is 0 Å². The van der Waals surface area contributed by atoms with Crippen molar-refractivity contribution in [1.29, 1.82) is 0 Å². The Kier molecular flexibility index (Phi) is 19.2. The number of aliphatic hydroxyl groups is 4. The van der Waals surface area contributed by atoms with Crippen LogP contribution in [-0.2, 0) is 9.53 Å². The second-order valence-corrected chi connectivity index (χ2v) is 7.47. The van der Waals surface area contributed by atoms with Crippen molar-refractivity contribution in [2.45, 2.75) is 102 Å². The molecule has 0 amide bonds. The zero-order valence-electron chi connectivity index (χ0n) is 18.0. The number of unbranched alkanes of at least 4 members (excludes halogenated alkanes) is 8. The average molecular weight is 415 g/mol. The van der Waals surface area contributed by atoms with Gasteiger partial charge in [-0.05, 0) is 38.5 Å². The smallest absolute Gasteiger partial charge is 0.305 e. The molecule has 4 N–H and O–H groups in total. The third-order valence-corrected chi connectivity index (χ3v) is 4.72. The van der Waals surface area contributed by atoms with Gasteiger partial charge in [-0.25, -0.2) is 0 Å². The van der Waals surface area contributed by atoms with Crippen molar-refractivity contribution in [1.82, 2.24) is 0 Å². The van der Waals surface area contributed by atoms with Gasteiger partial charge in [0.15, 0.2) is 0 Å². The Morgan fingerprint density at radius 2 is 1.41 bits per heavy atom. The van der Waals surface area contributed by atoms with Gasteiger partial charge in [-0.3, -0.25) is 4.79 Å². The van der Waals surface area contributed by atoms with Gasteiger partial charge in [0.1, 0.15) is 24.9 Å². The zero-order chi connectivity index (χ0) is 21.7. The van der Waals surface area contributed by atoms with Crippen LogP contribution in [0.1, 0.15) is 84.0 Å². The molecule has 3 atom stereocenters. The van der Waals surface area contributed by atoms with E-state index < -0.39 is 37.5 Å². The fraction of sp³-hybridized carbons (Fsp3) is 0.783. The number of allylic oxidation sites excluding steroid dienone is 4. The molecule has 0 saturated carbocycles. The molecule has 0 aliphatic carbocycles. The molecule has 0 aromatic rings. The molecule has 6 heteroatoms. The van der Waals surface area contributed by atoms with E-state index in [0.29, 0.717) is 0 Å². The van der Waals surface area contributed by atoms with E-state index in [0.717, 1.165) is 44.9 Å². The van der Waals surface area contributed by atoms with Crippen LogP contribution in [0.3, 0.4) is 0 Å². The lowest BCUT2D eigenvalue weighted by Gasteiger charge is -2.21. The van der Waals surface area contributed by atoms with Crippen molar-refractivity contribution >= 4 is 5.97 Å². The van der Waals surface area contributed by atoms with E-state index in [1.54, 1.807) is 0 Å². The highest BCUT2D eigenvalue weighted by Gasteiger charge is 2.25. The molecule has 0 heterocycles. The molecule has 0 bridgehead atoms. The lowest BCUT2D eigenvalue weighted by molar-refractivity contribution is -0.152. The van der Waals surface area contributed by atoms with E-state index in [4.69, 9.17) is 9.84 Å². The molecule has 0 spiro atoms. The monoisotopic (exact) mass is 414 g/mol. The summed E-state index contributed by atoms with van der Waals surface area (Å²) in [6.45, 7) is 1.16. The van der Waals surface area contributed by atoms with Gasteiger partial charge in [-0.2, -0.15) is 0 Å². The molecular weight excluding hydrogens is 372 g/mol. The predicted molar refractivity (Wildman–Crippen MR) is 115 cm³/mol. The first-order valence-electron chi connectivity index (χ1n) is 11.1. The molecule has 0 radical (unpaired) electrons. The standard InChI is InChI=1S/C23H42O6/c1-2-3-4-5-6-7-8-9-10-11-12-13-14-15-16-17-22(27)29-19-21(26)23(28)20(25)18-24/h6-7,9-10,20-21,23-26,28H,2-5,8,11-19H2,1H3/b7-6-,10-9-/t20-,21-,23-/m1/s1. The van der Waals surface area contributed by atoms with Gasteiger partial charge in [0.2, 0.25) is 0 Å². The minimum Gasteiger partial charge on any atom is -0.463 e. The van der Waals surface area contributed by atoms with Gasteiger partial charge in [0, 0.05) is 6.42 Å². The van der Waals surface area contributed by atoms with Gasteiger partial charge in [0.25, 0.3) is 0 Å². The molecule has 0 aromatic heterocycles. The molecular formula is C23H42O6. The van der Waals surface area contributed by atoms with E-state index in [9.17, 15) is 20.1 Å². The maximum Gasteiger partial charge on any atom is 0.305 e. The van der Waals surface area contributed by atoms with Gasteiger partial charge in [-0.1, -0.05) is 63.3 Å². The Morgan fingerprint density at radius 3 is 2.03 bits per heavy atom. The van der Waals surface area contributed by atoms with Crippen LogP contribution in [0.2, 0.25) is 0 Å². The minimum absolute atomic E-state index is 0.274. The van der Waals surface area contributed by atoms with Crippen molar-refractivity contribution in [3.8, 4) is 0 Å². The number of carbonyl (C=O) groups is 1. The molecule has 0 unspecified atom stereocenters. The Hall–Kier alpha value is -1.21. The molecule has 6 nitrogen and oxygen atoms in total. The molecule has 0 saturated heterocycles. The largest absolute Gasteiger partial charge is 0.463 e. The van der Waals surface area contributed by atoms with Gasteiger partial charge < -0.3 is 25.2 Å². The fourth-order valence-electron chi connectivity index (χ4n) is 2.79. The summed E-state index contributed by atoms with van der Waals surface area (Å²) < 4.78 is 4.88. The summed E-state index contributed by atoms with van der Waals surface area (Å²) in [5.74, 6) is -0.430. The van der Waals surface area contributed by atoms with E-state index in [1.165, 1.54) is 25.7 Å². The molecule has 0 fully saturated rings. The maximum atomic E-state index is 11.6. The molecule has 0 aliphatic rings. The lowest BCUT2D eigenvalue weighted by atomic mass is 10.1. The first-order valence-corrected chi connectivity index (χ1v) is 11.1. The number of aliphatic hydroxyl groups excluding tert-OH is 4. The van der Waals surface area contributed by atoms with Crippen molar-refractivity contribution in [2.75, 3.05) is 13.2 Å². The molecule has 170 valence electrons. The van der Waals surface area contributed by atoms with Crippen LogP contribution < -0.4 is 0 Å². The van der Waals surface area contributed by atoms with Crippen LogP contribution in [0, 0.1) is 0 Å². The zero-order valence-corrected chi connectivity index (χ0v) is 18.0.